The molecule has 0 aromatic heterocycles. The van der Waals surface area contributed by atoms with Gasteiger partial charge in [-0.2, -0.15) is 0 Å². The number of carbonyl (C=O) groups is 1. The topological polar surface area (TPSA) is 44.8 Å². The van der Waals surface area contributed by atoms with Gasteiger partial charge in [0, 0.05) is 18.6 Å². The van der Waals surface area contributed by atoms with E-state index in [9.17, 15) is 4.79 Å². The largest absolute Gasteiger partial charge is 0.496 e. The fourth-order valence-corrected chi connectivity index (χ4v) is 9.60. The van der Waals surface area contributed by atoms with Gasteiger partial charge < -0.3 is 18.7 Å². The highest BCUT2D eigenvalue weighted by molar-refractivity contribution is 6.99. The van der Waals surface area contributed by atoms with E-state index in [4.69, 9.17) is 13.9 Å². The zero-order valence-electron chi connectivity index (χ0n) is 21.8. The van der Waals surface area contributed by atoms with Crippen LogP contribution in [0.15, 0.2) is 72.8 Å². The molecule has 5 heteroatoms. The minimum atomic E-state index is -2.63. The van der Waals surface area contributed by atoms with Crippen molar-refractivity contribution in [2.24, 2.45) is 0 Å². The summed E-state index contributed by atoms with van der Waals surface area (Å²) < 4.78 is 18.3. The molecule has 0 bridgehead atoms. The number of aryl methyl sites for hydroxylation is 1. The lowest BCUT2D eigenvalue weighted by Crippen LogP contribution is -2.66. The monoisotopic (exact) mass is 490 g/mol. The summed E-state index contributed by atoms with van der Waals surface area (Å²) in [5, 5.41) is 2.40. The SMILES string of the molecule is COc1cc([C@H](CC=O)CCO[Si](c2ccccc2)(c2ccccc2)C(C)(C)C)c(OC)cc1C. The number of hydrogen-bond acceptors (Lipinski definition) is 4. The summed E-state index contributed by atoms with van der Waals surface area (Å²) in [4.78, 5) is 11.7. The molecule has 0 saturated carbocycles. The van der Waals surface area contributed by atoms with Gasteiger partial charge in [-0.3, -0.25) is 0 Å². The lowest BCUT2D eigenvalue weighted by Gasteiger charge is -2.43. The maximum atomic E-state index is 11.7. The second-order valence-electron chi connectivity index (χ2n) is 9.96. The first-order valence-electron chi connectivity index (χ1n) is 12.2. The average molecular weight is 491 g/mol. The molecule has 0 spiro atoms. The fraction of sp³-hybridized carbons (Fsp3) is 0.367. The molecule has 0 heterocycles. The molecule has 0 fully saturated rings. The van der Waals surface area contributed by atoms with E-state index in [1.165, 1.54) is 10.4 Å². The standard InChI is InChI=1S/C30H38O4Si/c1-23-21-29(33-6)27(22-28(23)32-5)24(17-19-31)18-20-34-35(30(2,3)4,25-13-9-7-10-14-25)26-15-11-8-12-16-26/h7-16,19,21-22,24H,17-18,20H2,1-6H3/t24-/m1/s1. The molecule has 0 N–H and O–H groups in total. The van der Waals surface area contributed by atoms with Crippen molar-refractivity contribution in [1.82, 2.24) is 0 Å². The summed E-state index contributed by atoms with van der Waals surface area (Å²) in [7, 11) is 0.701. The Bertz CT molecular complexity index is 1050. The molecule has 0 aliphatic heterocycles. The van der Waals surface area contributed by atoms with Crippen molar-refractivity contribution in [3.05, 3.63) is 83.9 Å². The fourth-order valence-electron chi connectivity index (χ4n) is 5.03. The van der Waals surface area contributed by atoms with E-state index >= 15 is 0 Å². The van der Waals surface area contributed by atoms with Gasteiger partial charge >= 0.3 is 0 Å². The number of rotatable bonds is 11. The van der Waals surface area contributed by atoms with Gasteiger partial charge in [-0.25, -0.2) is 0 Å². The van der Waals surface area contributed by atoms with Crippen LogP contribution < -0.4 is 19.8 Å². The Morgan fingerprint density at radius 3 is 1.86 bits per heavy atom. The molecule has 0 aliphatic carbocycles. The first kappa shape index (κ1) is 26.7. The zero-order valence-corrected chi connectivity index (χ0v) is 22.8. The second-order valence-corrected chi connectivity index (χ2v) is 14.3. The van der Waals surface area contributed by atoms with E-state index < -0.39 is 8.32 Å². The van der Waals surface area contributed by atoms with Crippen LogP contribution in [0.4, 0.5) is 0 Å². The summed E-state index contributed by atoms with van der Waals surface area (Å²) in [6.45, 7) is 9.35. The molecule has 0 saturated heterocycles. The van der Waals surface area contributed by atoms with Gasteiger partial charge in [-0.15, -0.1) is 0 Å². The minimum Gasteiger partial charge on any atom is -0.496 e. The molecule has 3 rings (SSSR count). The molecule has 0 aliphatic rings. The number of hydrogen-bond donors (Lipinski definition) is 0. The Balaban J connectivity index is 1.99. The lowest BCUT2D eigenvalue weighted by molar-refractivity contribution is -0.108. The molecule has 0 radical (unpaired) electrons. The van der Waals surface area contributed by atoms with Crippen LogP contribution in [0.25, 0.3) is 0 Å². The first-order valence-corrected chi connectivity index (χ1v) is 14.1. The predicted octanol–water partition coefficient (Wildman–Crippen LogP) is 5.65. The van der Waals surface area contributed by atoms with Gasteiger partial charge in [0.1, 0.15) is 17.8 Å². The van der Waals surface area contributed by atoms with Crippen LogP contribution >= 0.6 is 0 Å². The number of ether oxygens (including phenoxy) is 2. The van der Waals surface area contributed by atoms with Crippen molar-refractivity contribution in [3.8, 4) is 11.5 Å². The van der Waals surface area contributed by atoms with Crippen molar-refractivity contribution in [2.45, 2.75) is 51.5 Å². The smallest absolute Gasteiger partial charge is 0.261 e. The third-order valence-electron chi connectivity index (χ3n) is 6.77. The maximum absolute atomic E-state index is 11.7. The molecular formula is C30H38O4Si. The van der Waals surface area contributed by atoms with E-state index in [1.54, 1.807) is 14.2 Å². The first-order chi connectivity index (χ1) is 16.8. The quantitative estimate of drug-likeness (QED) is 0.257. The van der Waals surface area contributed by atoms with Gasteiger partial charge in [0.15, 0.2) is 0 Å². The molecule has 4 nitrogen and oxygen atoms in total. The molecule has 0 unspecified atom stereocenters. The van der Waals surface area contributed by atoms with Gasteiger partial charge in [0.25, 0.3) is 8.32 Å². The van der Waals surface area contributed by atoms with Crippen LogP contribution in [0.2, 0.25) is 5.04 Å². The van der Waals surface area contributed by atoms with Crippen LogP contribution in [-0.2, 0) is 9.22 Å². The van der Waals surface area contributed by atoms with Crippen molar-refractivity contribution in [1.29, 1.82) is 0 Å². The molecule has 0 amide bonds. The van der Waals surface area contributed by atoms with E-state index in [0.29, 0.717) is 19.4 Å². The van der Waals surface area contributed by atoms with E-state index in [1.807, 2.05) is 31.2 Å². The van der Waals surface area contributed by atoms with Crippen LogP contribution in [0.1, 0.15) is 50.7 Å². The highest BCUT2D eigenvalue weighted by Crippen LogP contribution is 2.39. The number of benzene rings is 3. The van der Waals surface area contributed by atoms with Crippen molar-refractivity contribution >= 4 is 25.0 Å². The Morgan fingerprint density at radius 1 is 0.857 bits per heavy atom. The molecule has 1 atom stereocenters. The van der Waals surface area contributed by atoms with E-state index in [0.717, 1.165) is 28.9 Å². The summed E-state index contributed by atoms with van der Waals surface area (Å²) in [5.41, 5.74) is 1.98. The van der Waals surface area contributed by atoms with Gasteiger partial charge in [0.05, 0.1) is 14.2 Å². The molecular weight excluding hydrogens is 452 g/mol. The highest BCUT2D eigenvalue weighted by Gasteiger charge is 2.50. The summed E-state index contributed by atoms with van der Waals surface area (Å²) in [6.07, 6.45) is 2.08. The molecule has 35 heavy (non-hydrogen) atoms. The van der Waals surface area contributed by atoms with Crippen molar-refractivity contribution < 1.29 is 18.7 Å². The lowest BCUT2D eigenvalue weighted by atomic mass is 9.91. The van der Waals surface area contributed by atoms with Gasteiger partial charge in [-0.05, 0) is 52.4 Å². The summed E-state index contributed by atoms with van der Waals surface area (Å²) in [6, 6.07) is 25.2. The third-order valence-corrected chi connectivity index (χ3v) is 11.8. The Morgan fingerprint density at radius 2 is 1.40 bits per heavy atom. The Hall–Kier alpha value is -2.89. The van der Waals surface area contributed by atoms with Crippen LogP contribution in [-0.4, -0.2) is 35.4 Å². The van der Waals surface area contributed by atoms with E-state index in [-0.39, 0.29) is 11.0 Å². The maximum Gasteiger partial charge on any atom is 0.261 e. The van der Waals surface area contributed by atoms with Gasteiger partial charge in [0.2, 0.25) is 0 Å². The van der Waals surface area contributed by atoms with Crippen LogP contribution in [0.3, 0.4) is 0 Å². The number of aldehydes is 1. The summed E-state index contributed by atoms with van der Waals surface area (Å²) >= 11 is 0. The zero-order chi connectivity index (χ0) is 25.5. The minimum absolute atomic E-state index is 0.0323. The Kier molecular flexibility index (Phi) is 8.92. The second kappa shape index (κ2) is 11.7. The average Bonchev–Trinajstić information content (AvgIpc) is 2.86. The van der Waals surface area contributed by atoms with Crippen LogP contribution in [0, 0.1) is 6.92 Å². The van der Waals surface area contributed by atoms with Crippen molar-refractivity contribution in [3.63, 3.8) is 0 Å². The van der Waals surface area contributed by atoms with Crippen LogP contribution in [0.5, 0.6) is 11.5 Å². The normalized spacial score (nSPS) is 12.7. The predicted molar refractivity (Wildman–Crippen MR) is 146 cm³/mol. The number of methoxy groups -OCH3 is 2. The van der Waals surface area contributed by atoms with E-state index in [2.05, 4.69) is 69.3 Å². The summed E-state index contributed by atoms with van der Waals surface area (Å²) in [5.74, 6) is 1.54. The molecule has 186 valence electrons. The highest BCUT2D eigenvalue weighted by atomic mass is 28.4. The van der Waals surface area contributed by atoms with Crippen molar-refractivity contribution in [2.75, 3.05) is 20.8 Å². The Labute approximate surface area is 211 Å². The number of carbonyl (C=O) groups excluding carboxylic acids is 1. The van der Waals surface area contributed by atoms with Gasteiger partial charge in [-0.1, -0.05) is 81.4 Å². The molecule has 3 aromatic carbocycles. The molecule has 3 aromatic rings. The third kappa shape index (κ3) is 5.68.